The van der Waals surface area contributed by atoms with Crippen molar-refractivity contribution < 1.29 is 17.6 Å². The first-order valence-electron chi connectivity index (χ1n) is 9.72. The summed E-state index contributed by atoms with van der Waals surface area (Å²) < 4.78 is 43.4. The van der Waals surface area contributed by atoms with E-state index < -0.39 is 27.8 Å². The van der Waals surface area contributed by atoms with Crippen LogP contribution in [0.5, 0.6) is 0 Å². The SMILES string of the molecule is CNC(=O)[C@@H](c1ccccc1)N(CCc1ccc(Br)cc1F)S(=O)(=O)c1ccc(Cl)cc1. The predicted octanol–water partition coefficient (Wildman–Crippen LogP) is 4.96. The van der Waals surface area contributed by atoms with Gasteiger partial charge in [-0.2, -0.15) is 4.31 Å². The number of sulfonamides is 1. The number of rotatable bonds is 8. The highest BCUT2D eigenvalue weighted by Gasteiger charge is 2.36. The first-order valence-corrected chi connectivity index (χ1v) is 12.3. The smallest absolute Gasteiger partial charge is 0.244 e. The van der Waals surface area contributed by atoms with Gasteiger partial charge in [-0.3, -0.25) is 4.79 Å². The monoisotopic (exact) mass is 538 g/mol. The van der Waals surface area contributed by atoms with Crippen LogP contribution in [0.3, 0.4) is 0 Å². The molecule has 3 rings (SSSR count). The van der Waals surface area contributed by atoms with Crippen LogP contribution in [0, 0.1) is 5.82 Å². The summed E-state index contributed by atoms with van der Waals surface area (Å²) in [5.74, 6) is -0.954. The molecule has 0 aliphatic carbocycles. The molecule has 0 fully saturated rings. The molecular weight excluding hydrogens is 519 g/mol. The van der Waals surface area contributed by atoms with Crippen molar-refractivity contribution in [1.29, 1.82) is 0 Å². The van der Waals surface area contributed by atoms with Crippen LogP contribution in [-0.4, -0.2) is 32.2 Å². The van der Waals surface area contributed by atoms with Crippen molar-refractivity contribution in [3.8, 4) is 0 Å². The zero-order valence-corrected chi connectivity index (χ0v) is 20.3. The van der Waals surface area contributed by atoms with Crippen molar-refractivity contribution in [2.24, 2.45) is 0 Å². The van der Waals surface area contributed by atoms with Crippen molar-refractivity contribution in [3.05, 3.63) is 99.2 Å². The molecule has 32 heavy (non-hydrogen) atoms. The van der Waals surface area contributed by atoms with Gasteiger partial charge < -0.3 is 5.32 Å². The molecule has 0 radical (unpaired) electrons. The number of carbonyl (C=O) groups excluding carboxylic acids is 1. The molecule has 3 aromatic rings. The van der Waals surface area contributed by atoms with E-state index in [1.807, 2.05) is 0 Å². The zero-order chi connectivity index (χ0) is 23.3. The third-order valence-corrected chi connectivity index (χ3v) is 7.56. The Balaban J connectivity index is 2.08. The minimum Gasteiger partial charge on any atom is -0.357 e. The van der Waals surface area contributed by atoms with E-state index in [2.05, 4.69) is 21.2 Å². The van der Waals surface area contributed by atoms with Gasteiger partial charge in [0.1, 0.15) is 11.9 Å². The minimum absolute atomic E-state index is 0.0111. The molecule has 0 aliphatic rings. The number of nitrogens with zero attached hydrogens (tertiary/aromatic N) is 1. The molecule has 0 heterocycles. The molecule has 3 aromatic carbocycles. The van der Waals surface area contributed by atoms with Crippen molar-refractivity contribution in [1.82, 2.24) is 9.62 Å². The summed E-state index contributed by atoms with van der Waals surface area (Å²) in [6.45, 7) is -0.115. The number of hydrogen-bond donors (Lipinski definition) is 1. The van der Waals surface area contributed by atoms with E-state index in [4.69, 9.17) is 11.6 Å². The van der Waals surface area contributed by atoms with E-state index in [1.165, 1.54) is 37.4 Å². The van der Waals surface area contributed by atoms with Crippen molar-refractivity contribution in [2.75, 3.05) is 13.6 Å². The van der Waals surface area contributed by atoms with E-state index in [1.54, 1.807) is 42.5 Å². The Morgan fingerprint density at radius 2 is 1.75 bits per heavy atom. The summed E-state index contributed by atoms with van der Waals surface area (Å²) in [5, 5.41) is 2.93. The molecular formula is C23H21BrClFN2O3S. The normalized spacial score (nSPS) is 12.5. The highest BCUT2D eigenvalue weighted by Crippen LogP contribution is 2.29. The van der Waals surface area contributed by atoms with Crippen molar-refractivity contribution >= 4 is 43.5 Å². The molecule has 1 amide bonds. The van der Waals surface area contributed by atoms with Crippen molar-refractivity contribution in [3.63, 3.8) is 0 Å². The summed E-state index contributed by atoms with van der Waals surface area (Å²) in [5.41, 5.74) is 0.842. The maximum Gasteiger partial charge on any atom is 0.244 e. The second kappa shape index (κ2) is 10.6. The van der Waals surface area contributed by atoms with Gasteiger partial charge in [-0.15, -0.1) is 0 Å². The fraction of sp³-hybridized carbons (Fsp3) is 0.174. The average molecular weight is 540 g/mol. The van der Waals surface area contributed by atoms with Crippen LogP contribution in [0.25, 0.3) is 0 Å². The largest absolute Gasteiger partial charge is 0.357 e. The van der Waals surface area contributed by atoms with Crippen LogP contribution >= 0.6 is 27.5 Å². The predicted molar refractivity (Wildman–Crippen MR) is 126 cm³/mol. The topological polar surface area (TPSA) is 66.5 Å². The van der Waals surface area contributed by atoms with Gasteiger partial charge in [0, 0.05) is 23.1 Å². The Hall–Kier alpha value is -2.26. The molecule has 9 heteroatoms. The summed E-state index contributed by atoms with van der Waals surface area (Å²) in [4.78, 5) is 12.9. The fourth-order valence-electron chi connectivity index (χ4n) is 3.31. The first-order chi connectivity index (χ1) is 15.2. The van der Waals surface area contributed by atoms with E-state index in [0.29, 0.717) is 20.6 Å². The number of likely N-dealkylation sites (N-methyl/N-ethyl adjacent to an activating group) is 1. The van der Waals surface area contributed by atoms with Crippen LogP contribution in [0.2, 0.25) is 5.02 Å². The standard InChI is InChI=1S/C23H21BrClFN2O3S/c1-27-23(29)22(17-5-3-2-4-6-17)28(14-13-16-7-8-18(24)15-21(16)26)32(30,31)20-11-9-19(25)10-12-20/h2-12,15,22H,13-14H2,1H3,(H,27,29)/t22-/m1/s1. The molecule has 1 N–H and O–H groups in total. The molecule has 5 nitrogen and oxygen atoms in total. The lowest BCUT2D eigenvalue weighted by molar-refractivity contribution is -0.124. The Bertz CT molecular complexity index is 1190. The lowest BCUT2D eigenvalue weighted by Gasteiger charge is -2.30. The molecule has 0 saturated heterocycles. The molecule has 0 bridgehead atoms. The Kier molecular flexibility index (Phi) is 8.05. The van der Waals surface area contributed by atoms with Crippen LogP contribution < -0.4 is 5.32 Å². The first kappa shape index (κ1) is 24.4. The van der Waals surface area contributed by atoms with Crippen LogP contribution in [0.15, 0.2) is 82.2 Å². The zero-order valence-electron chi connectivity index (χ0n) is 17.1. The van der Waals surface area contributed by atoms with Gasteiger partial charge in [-0.1, -0.05) is 63.9 Å². The summed E-state index contributed by atoms with van der Waals surface area (Å²) in [7, 11) is -2.69. The number of hydrogen-bond acceptors (Lipinski definition) is 3. The van der Waals surface area contributed by atoms with Gasteiger partial charge in [0.2, 0.25) is 15.9 Å². The highest BCUT2D eigenvalue weighted by atomic mass is 79.9. The van der Waals surface area contributed by atoms with Gasteiger partial charge in [-0.05, 0) is 53.9 Å². The van der Waals surface area contributed by atoms with Gasteiger partial charge in [0.05, 0.1) is 4.90 Å². The maximum atomic E-state index is 14.4. The van der Waals surface area contributed by atoms with E-state index >= 15 is 0 Å². The molecule has 0 unspecified atom stereocenters. The number of halogens is 3. The lowest BCUT2D eigenvalue weighted by atomic mass is 10.1. The summed E-state index contributed by atoms with van der Waals surface area (Å²) >= 11 is 9.14. The second-order valence-corrected chi connectivity index (χ2v) is 10.2. The number of nitrogens with one attached hydrogen (secondary N) is 1. The van der Waals surface area contributed by atoms with Gasteiger partial charge in [-0.25, -0.2) is 12.8 Å². The number of benzene rings is 3. The summed E-state index contributed by atoms with van der Waals surface area (Å²) in [6, 6.07) is 17.8. The highest BCUT2D eigenvalue weighted by molar-refractivity contribution is 9.10. The molecule has 0 aromatic heterocycles. The molecule has 168 valence electrons. The number of carbonyl (C=O) groups is 1. The fourth-order valence-corrected chi connectivity index (χ4v) is 5.34. The average Bonchev–Trinajstić information content (AvgIpc) is 2.78. The van der Waals surface area contributed by atoms with Gasteiger partial charge in [0.25, 0.3) is 0 Å². The Morgan fingerprint density at radius 3 is 2.34 bits per heavy atom. The van der Waals surface area contributed by atoms with E-state index in [9.17, 15) is 17.6 Å². The van der Waals surface area contributed by atoms with Crippen LogP contribution in [0.1, 0.15) is 17.2 Å². The van der Waals surface area contributed by atoms with Crippen LogP contribution in [0.4, 0.5) is 4.39 Å². The third-order valence-electron chi connectivity index (χ3n) is 4.93. The molecule has 0 saturated carbocycles. The maximum absolute atomic E-state index is 14.4. The lowest BCUT2D eigenvalue weighted by Crippen LogP contribution is -2.43. The van der Waals surface area contributed by atoms with E-state index in [0.717, 1.165) is 4.31 Å². The second-order valence-electron chi connectivity index (χ2n) is 6.98. The number of amides is 1. The van der Waals surface area contributed by atoms with Crippen molar-refractivity contribution in [2.45, 2.75) is 17.4 Å². The summed E-state index contributed by atoms with van der Waals surface area (Å²) in [6.07, 6.45) is 0.0757. The Morgan fingerprint density at radius 1 is 1.09 bits per heavy atom. The van der Waals surface area contributed by atoms with Gasteiger partial charge in [0.15, 0.2) is 0 Å². The minimum atomic E-state index is -4.13. The van der Waals surface area contributed by atoms with E-state index in [-0.39, 0.29) is 17.9 Å². The third kappa shape index (κ3) is 5.56. The molecule has 0 spiro atoms. The quantitative estimate of drug-likeness (QED) is 0.440. The molecule has 0 aliphatic heterocycles. The van der Waals surface area contributed by atoms with Gasteiger partial charge >= 0.3 is 0 Å². The Labute approximate surface area is 200 Å². The van der Waals surface area contributed by atoms with Crippen LogP contribution in [-0.2, 0) is 21.2 Å². The molecule has 1 atom stereocenters.